The minimum atomic E-state index is -0.239. The number of benzene rings is 1. The zero-order valence-electron chi connectivity index (χ0n) is 16.6. The Morgan fingerprint density at radius 3 is 2.64 bits per heavy atom. The summed E-state index contributed by atoms with van der Waals surface area (Å²) in [5, 5.41) is 10.1. The molecule has 0 spiro atoms. The van der Waals surface area contributed by atoms with E-state index >= 15 is 0 Å². The van der Waals surface area contributed by atoms with E-state index in [1.54, 1.807) is 13.2 Å². The van der Waals surface area contributed by atoms with E-state index in [1.807, 2.05) is 19.9 Å². The Kier molecular flexibility index (Phi) is 6.15. The maximum Gasteiger partial charge on any atom is 0.160 e. The number of carbonyl (C=O) groups is 1. The van der Waals surface area contributed by atoms with E-state index in [1.165, 1.54) is 5.56 Å². The maximum absolute atomic E-state index is 12.8. The molecule has 2 heterocycles. The lowest BCUT2D eigenvalue weighted by Gasteiger charge is -2.47. The quantitative estimate of drug-likeness (QED) is 0.883. The van der Waals surface area contributed by atoms with Crippen molar-refractivity contribution in [1.82, 2.24) is 4.90 Å². The van der Waals surface area contributed by atoms with Gasteiger partial charge in [0.25, 0.3) is 0 Å². The Balaban J connectivity index is 0.00000109. The minimum absolute atomic E-state index is 0.100. The van der Waals surface area contributed by atoms with Crippen LogP contribution in [0.5, 0.6) is 11.5 Å². The Morgan fingerprint density at radius 2 is 2.04 bits per heavy atom. The van der Waals surface area contributed by atoms with E-state index in [2.05, 4.69) is 25.7 Å². The topological polar surface area (TPSA) is 49.8 Å². The highest BCUT2D eigenvalue weighted by atomic mass is 16.5. The van der Waals surface area contributed by atoms with Gasteiger partial charge in [0, 0.05) is 31.0 Å². The second kappa shape index (κ2) is 7.77. The van der Waals surface area contributed by atoms with Gasteiger partial charge in [-0.05, 0) is 42.0 Å². The van der Waals surface area contributed by atoms with Crippen LogP contribution < -0.4 is 4.74 Å². The van der Waals surface area contributed by atoms with Crippen molar-refractivity contribution in [3.05, 3.63) is 23.3 Å². The number of nitrogens with zero attached hydrogens (tertiary/aromatic N) is 1. The first-order valence-electron chi connectivity index (χ1n) is 9.51. The van der Waals surface area contributed by atoms with Crippen LogP contribution in [0.4, 0.5) is 0 Å². The fraction of sp³-hybridized carbons (Fsp3) is 0.667. The van der Waals surface area contributed by atoms with Crippen LogP contribution in [0, 0.1) is 11.3 Å². The van der Waals surface area contributed by atoms with Crippen molar-refractivity contribution < 1.29 is 14.6 Å². The van der Waals surface area contributed by atoms with Crippen LogP contribution in [0.2, 0.25) is 0 Å². The number of phenols is 1. The van der Waals surface area contributed by atoms with Gasteiger partial charge in [-0.15, -0.1) is 0 Å². The molecule has 1 fully saturated rings. The highest BCUT2D eigenvalue weighted by Gasteiger charge is 2.45. The molecule has 0 aromatic heterocycles. The molecular weight excluding hydrogens is 314 g/mol. The fourth-order valence-electron chi connectivity index (χ4n) is 4.40. The van der Waals surface area contributed by atoms with E-state index in [0.717, 1.165) is 31.5 Å². The first kappa shape index (κ1) is 19.8. The van der Waals surface area contributed by atoms with Crippen LogP contribution >= 0.6 is 0 Å². The summed E-state index contributed by atoms with van der Waals surface area (Å²) in [5.41, 5.74) is 2.05. The van der Waals surface area contributed by atoms with Crippen LogP contribution in [0.25, 0.3) is 0 Å². The summed E-state index contributed by atoms with van der Waals surface area (Å²) in [4.78, 5) is 15.2. The first-order valence-corrected chi connectivity index (χ1v) is 9.51. The predicted octanol–water partition coefficient (Wildman–Crippen LogP) is 4.35. The second-order valence-electron chi connectivity index (χ2n) is 7.75. The fourth-order valence-corrected chi connectivity index (χ4v) is 4.40. The van der Waals surface area contributed by atoms with Crippen molar-refractivity contribution in [2.45, 2.75) is 59.9 Å². The second-order valence-corrected chi connectivity index (χ2v) is 7.75. The standard InChI is InChI=1S/C19H27NO3.C2H6/c1-12(2)10-19(3)11-20-6-5-13-7-17(23-4)16(21)8-14(13)15(20)9-18(19)22;1-2/h7-8,12,15,21H,5-6,9-11H2,1-4H3;1-2H3. The molecule has 2 unspecified atom stereocenters. The third-order valence-corrected chi connectivity index (χ3v) is 5.37. The molecule has 1 saturated heterocycles. The molecule has 140 valence electrons. The number of aromatic hydroxyl groups is 1. The van der Waals surface area contributed by atoms with Crippen molar-refractivity contribution in [2.24, 2.45) is 11.3 Å². The SMILES string of the molecule is CC.COc1cc2c(cc1O)C1CC(=O)C(C)(CC(C)C)CN1CC2. The summed E-state index contributed by atoms with van der Waals surface area (Å²) in [7, 11) is 1.57. The zero-order chi connectivity index (χ0) is 18.8. The highest BCUT2D eigenvalue weighted by Crippen LogP contribution is 2.45. The van der Waals surface area contributed by atoms with Crippen LogP contribution in [0.15, 0.2) is 12.1 Å². The van der Waals surface area contributed by atoms with Gasteiger partial charge >= 0.3 is 0 Å². The third kappa shape index (κ3) is 3.84. The summed E-state index contributed by atoms with van der Waals surface area (Å²) in [5.74, 6) is 1.56. The summed E-state index contributed by atoms with van der Waals surface area (Å²) in [6.07, 6.45) is 2.42. The Bertz CT molecular complexity index is 626. The Labute approximate surface area is 152 Å². The van der Waals surface area contributed by atoms with E-state index < -0.39 is 0 Å². The number of methoxy groups -OCH3 is 1. The van der Waals surface area contributed by atoms with Gasteiger partial charge in [-0.25, -0.2) is 0 Å². The van der Waals surface area contributed by atoms with E-state index in [-0.39, 0.29) is 17.2 Å². The summed E-state index contributed by atoms with van der Waals surface area (Å²) >= 11 is 0. The van der Waals surface area contributed by atoms with Gasteiger partial charge in [-0.3, -0.25) is 9.69 Å². The molecule has 2 aliphatic heterocycles. The number of ether oxygens (including phenoxy) is 1. The highest BCUT2D eigenvalue weighted by molar-refractivity contribution is 5.86. The molecule has 4 heteroatoms. The van der Waals surface area contributed by atoms with Crippen molar-refractivity contribution in [3.63, 3.8) is 0 Å². The molecule has 0 saturated carbocycles. The lowest BCUT2D eigenvalue weighted by Crippen LogP contribution is -2.51. The molecule has 3 rings (SSSR count). The number of hydrogen-bond donors (Lipinski definition) is 1. The van der Waals surface area contributed by atoms with Gasteiger partial charge in [-0.2, -0.15) is 0 Å². The summed E-state index contributed by atoms with van der Waals surface area (Å²) < 4.78 is 5.21. The number of piperidine rings is 1. The third-order valence-electron chi connectivity index (χ3n) is 5.37. The molecule has 0 amide bonds. The molecule has 1 N–H and O–H groups in total. The molecule has 2 aliphatic rings. The number of phenolic OH excluding ortho intramolecular Hbond substituents is 1. The maximum atomic E-state index is 12.8. The molecule has 1 aromatic carbocycles. The molecule has 0 bridgehead atoms. The molecule has 0 aliphatic carbocycles. The normalized spacial score (nSPS) is 25.7. The number of hydrogen-bond acceptors (Lipinski definition) is 4. The van der Waals surface area contributed by atoms with Crippen LogP contribution in [-0.4, -0.2) is 36.0 Å². The molecular formula is C21H33NO3. The Hall–Kier alpha value is -1.55. The average molecular weight is 347 g/mol. The number of rotatable bonds is 3. The van der Waals surface area contributed by atoms with Crippen LogP contribution in [-0.2, 0) is 11.2 Å². The van der Waals surface area contributed by atoms with Crippen molar-refractivity contribution in [2.75, 3.05) is 20.2 Å². The molecule has 2 atom stereocenters. The monoisotopic (exact) mass is 347 g/mol. The molecule has 1 aromatic rings. The van der Waals surface area contributed by atoms with Gasteiger partial charge in [0.05, 0.1) is 7.11 Å². The van der Waals surface area contributed by atoms with Gasteiger partial charge in [0.2, 0.25) is 0 Å². The van der Waals surface area contributed by atoms with Crippen molar-refractivity contribution >= 4 is 5.78 Å². The van der Waals surface area contributed by atoms with E-state index in [0.29, 0.717) is 23.9 Å². The first-order chi connectivity index (χ1) is 11.8. The molecule has 0 radical (unpaired) electrons. The largest absolute Gasteiger partial charge is 0.504 e. The van der Waals surface area contributed by atoms with Gasteiger partial charge in [-0.1, -0.05) is 34.6 Å². The molecule has 4 nitrogen and oxygen atoms in total. The van der Waals surface area contributed by atoms with E-state index in [4.69, 9.17) is 4.74 Å². The smallest absolute Gasteiger partial charge is 0.160 e. The number of fused-ring (bicyclic) bond motifs is 3. The van der Waals surface area contributed by atoms with Gasteiger partial charge < -0.3 is 9.84 Å². The van der Waals surface area contributed by atoms with Crippen molar-refractivity contribution in [1.29, 1.82) is 0 Å². The summed E-state index contributed by atoms with van der Waals surface area (Å²) in [6.45, 7) is 12.3. The number of ketones is 1. The van der Waals surface area contributed by atoms with Crippen LogP contribution in [0.1, 0.15) is 64.6 Å². The van der Waals surface area contributed by atoms with E-state index in [9.17, 15) is 9.90 Å². The van der Waals surface area contributed by atoms with Crippen molar-refractivity contribution in [3.8, 4) is 11.5 Å². The number of Topliss-reactive ketones (excluding diaryl/α,β-unsaturated/α-hetero) is 1. The lowest BCUT2D eigenvalue weighted by molar-refractivity contribution is -0.137. The average Bonchev–Trinajstić information content (AvgIpc) is 2.57. The Morgan fingerprint density at radius 1 is 1.36 bits per heavy atom. The van der Waals surface area contributed by atoms with Gasteiger partial charge in [0.15, 0.2) is 11.5 Å². The minimum Gasteiger partial charge on any atom is -0.504 e. The lowest BCUT2D eigenvalue weighted by atomic mass is 9.71. The molecule has 25 heavy (non-hydrogen) atoms. The van der Waals surface area contributed by atoms with Crippen LogP contribution in [0.3, 0.4) is 0 Å². The zero-order valence-corrected chi connectivity index (χ0v) is 16.6. The predicted molar refractivity (Wildman–Crippen MR) is 101 cm³/mol. The summed E-state index contributed by atoms with van der Waals surface area (Å²) in [6, 6.07) is 3.82. The number of carbonyl (C=O) groups excluding carboxylic acids is 1. The van der Waals surface area contributed by atoms with Gasteiger partial charge in [0.1, 0.15) is 5.78 Å².